The van der Waals surface area contributed by atoms with Crippen LogP contribution in [0.2, 0.25) is 0 Å². The molecule has 0 radical (unpaired) electrons. The maximum absolute atomic E-state index is 13.1. The second kappa shape index (κ2) is 10.6. The van der Waals surface area contributed by atoms with Gasteiger partial charge in [0, 0.05) is 23.7 Å². The molecule has 3 aromatic rings. The zero-order valence-corrected chi connectivity index (χ0v) is 19.3. The molecule has 4 rings (SSSR count). The van der Waals surface area contributed by atoms with Gasteiger partial charge in [-0.15, -0.1) is 0 Å². The minimum atomic E-state index is -0.237. The van der Waals surface area contributed by atoms with Crippen LogP contribution in [0.3, 0.4) is 0 Å². The lowest BCUT2D eigenvalue weighted by atomic mass is 9.95. The number of carbonyl (C=O) groups is 1. The molecule has 0 saturated carbocycles. The minimum absolute atomic E-state index is 0.0594. The van der Waals surface area contributed by atoms with Crippen LogP contribution in [0.1, 0.15) is 32.3 Å². The molecule has 1 N–H and O–H groups in total. The molecular formula is C28H31FN2O2. The molecule has 0 unspecified atom stereocenters. The van der Waals surface area contributed by atoms with Gasteiger partial charge in [0.1, 0.15) is 18.2 Å². The van der Waals surface area contributed by atoms with Crippen LogP contribution in [0.25, 0.3) is 11.1 Å². The molecule has 0 atom stereocenters. The summed E-state index contributed by atoms with van der Waals surface area (Å²) in [4.78, 5) is 15.1. The summed E-state index contributed by atoms with van der Waals surface area (Å²) in [5.74, 6) is 0.625. The summed E-state index contributed by atoms with van der Waals surface area (Å²) >= 11 is 0. The van der Waals surface area contributed by atoms with Crippen molar-refractivity contribution in [2.45, 2.75) is 39.3 Å². The maximum atomic E-state index is 13.1. The van der Waals surface area contributed by atoms with Crippen LogP contribution < -0.4 is 10.1 Å². The number of halogens is 1. The first-order chi connectivity index (χ1) is 16.0. The number of ether oxygens (including phenoxy) is 1. The first-order valence-electron chi connectivity index (χ1n) is 11.6. The Balaban J connectivity index is 1.30. The van der Waals surface area contributed by atoms with Crippen molar-refractivity contribution in [3.63, 3.8) is 0 Å². The first kappa shape index (κ1) is 23.0. The van der Waals surface area contributed by atoms with E-state index in [4.69, 9.17) is 4.74 Å². The molecule has 1 heterocycles. The molecule has 3 aromatic carbocycles. The lowest BCUT2D eigenvalue weighted by Crippen LogP contribution is -2.41. The largest absolute Gasteiger partial charge is 0.489 e. The van der Waals surface area contributed by atoms with Crippen molar-refractivity contribution in [2.75, 3.05) is 18.4 Å². The highest BCUT2D eigenvalue weighted by atomic mass is 19.1. The van der Waals surface area contributed by atoms with Crippen molar-refractivity contribution in [1.82, 2.24) is 4.90 Å². The van der Waals surface area contributed by atoms with Crippen LogP contribution in [0.5, 0.6) is 5.75 Å². The zero-order chi connectivity index (χ0) is 23.2. The molecule has 1 aliphatic rings. The average Bonchev–Trinajstić information content (AvgIpc) is 2.84. The van der Waals surface area contributed by atoms with E-state index in [0.717, 1.165) is 48.3 Å². The van der Waals surface area contributed by atoms with Gasteiger partial charge in [-0.1, -0.05) is 42.5 Å². The first-order valence-corrected chi connectivity index (χ1v) is 11.6. The number of benzene rings is 3. The summed E-state index contributed by atoms with van der Waals surface area (Å²) in [6.45, 7) is 6.77. The monoisotopic (exact) mass is 446 g/mol. The van der Waals surface area contributed by atoms with Crippen molar-refractivity contribution in [3.05, 3.63) is 84.2 Å². The Hall–Kier alpha value is -3.18. The Labute approximate surface area is 195 Å². The molecular weight excluding hydrogens is 415 g/mol. The standard InChI is InChI=1S/C28H31FN2O2/c1-20(2)31-16-14-24(15-17-31)28(32)30-26-4-3-5-27(18-26)33-19-21-6-8-22(9-7-21)23-10-12-25(29)13-11-23/h3-13,18,20,24H,14-17,19H2,1-2H3,(H,30,32). The van der Waals surface area contributed by atoms with Gasteiger partial charge in [0.05, 0.1) is 0 Å². The number of hydrogen-bond acceptors (Lipinski definition) is 3. The molecule has 1 aliphatic heterocycles. The molecule has 1 fully saturated rings. The second-order valence-electron chi connectivity index (χ2n) is 8.91. The number of likely N-dealkylation sites (tertiary alicyclic amines) is 1. The predicted molar refractivity (Wildman–Crippen MR) is 131 cm³/mol. The van der Waals surface area contributed by atoms with Crippen LogP contribution in [0, 0.1) is 11.7 Å². The zero-order valence-electron chi connectivity index (χ0n) is 19.3. The molecule has 0 aromatic heterocycles. The molecule has 33 heavy (non-hydrogen) atoms. The number of nitrogens with one attached hydrogen (secondary N) is 1. The van der Waals surface area contributed by atoms with Gasteiger partial charge in [-0.2, -0.15) is 0 Å². The number of amides is 1. The smallest absolute Gasteiger partial charge is 0.227 e. The number of hydrogen-bond donors (Lipinski definition) is 1. The minimum Gasteiger partial charge on any atom is -0.489 e. The number of rotatable bonds is 7. The van der Waals surface area contributed by atoms with Crippen molar-refractivity contribution in [3.8, 4) is 16.9 Å². The van der Waals surface area contributed by atoms with E-state index in [9.17, 15) is 9.18 Å². The highest BCUT2D eigenvalue weighted by molar-refractivity contribution is 5.92. The van der Waals surface area contributed by atoms with Gasteiger partial charge >= 0.3 is 0 Å². The van der Waals surface area contributed by atoms with E-state index in [-0.39, 0.29) is 17.6 Å². The number of nitrogens with zero attached hydrogens (tertiary/aromatic N) is 1. The third-order valence-electron chi connectivity index (χ3n) is 6.27. The van der Waals surface area contributed by atoms with Crippen LogP contribution >= 0.6 is 0 Å². The highest BCUT2D eigenvalue weighted by Gasteiger charge is 2.26. The SMILES string of the molecule is CC(C)N1CCC(C(=O)Nc2cccc(OCc3ccc(-c4ccc(F)cc4)cc3)c2)CC1. The topological polar surface area (TPSA) is 41.6 Å². The number of carbonyl (C=O) groups excluding carboxylic acids is 1. The summed E-state index contributed by atoms with van der Waals surface area (Å²) in [5.41, 5.74) is 3.80. The van der Waals surface area contributed by atoms with Crippen LogP contribution in [0.4, 0.5) is 10.1 Å². The van der Waals surface area contributed by atoms with Crippen LogP contribution in [-0.2, 0) is 11.4 Å². The molecule has 1 saturated heterocycles. The Kier molecular flexibility index (Phi) is 7.40. The summed E-state index contributed by atoms with van der Waals surface area (Å²) in [5, 5.41) is 3.06. The Morgan fingerprint density at radius 1 is 1.00 bits per heavy atom. The van der Waals surface area contributed by atoms with Crippen molar-refractivity contribution in [1.29, 1.82) is 0 Å². The normalized spacial score (nSPS) is 14.9. The van der Waals surface area contributed by atoms with Crippen LogP contribution in [0.15, 0.2) is 72.8 Å². The van der Waals surface area contributed by atoms with E-state index in [0.29, 0.717) is 18.4 Å². The highest BCUT2D eigenvalue weighted by Crippen LogP contribution is 2.24. The fraction of sp³-hybridized carbons (Fsp3) is 0.321. The van der Waals surface area contributed by atoms with E-state index in [2.05, 4.69) is 24.1 Å². The summed E-state index contributed by atoms with van der Waals surface area (Å²) < 4.78 is 19.1. The Morgan fingerprint density at radius 2 is 1.64 bits per heavy atom. The Bertz CT molecular complexity index is 1060. The third-order valence-corrected chi connectivity index (χ3v) is 6.27. The maximum Gasteiger partial charge on any atom is 0.227 e. The van der Waals surface area contributed by atoms with Crippen molar-refractivity contribution >= 4 is 11.6 Å². The summed E-state index contributed by atoms with van der Waals surface area (Å²) in [6.07, 6.45) is 1.79. The second-order valence-corrected chi connectivity index (χ2v) is 8.91. The van der Waals surface area contributed by atoms with Gasteiger partial charge in [-0.25, -0.2) is 4.39 Å². The molecule has 0 aliphatic carbocycles. The third kappa shape index (κ3) is 6.20. The predicted octanol–water partition coefficient (Wildman–Crippen LogP) is 6.13. The fourth-order valence-electron chi connectivity index (χ4n) is 4.19. The lowest BCUT2D eigenvalue weighted by Gasteiger charge is -2.33. The van der Waals surface area contributed by atoms with E-state index < -0.39 is 0 Å². The van der Waals surface area contributed by atoms with Gasteiger partial charge in [-0.05, 0) is 80.7 Å². The van der Waals surface area contributed by atoms with Crippen LogP contribution in [-0.4, -0.2) is 29.9 Å². The van der Waals surface area contributed by atoms with Gasteiger partial charge in [0.15, 0.2) is 0 Å². The lowest BCUT2D eigenvalue weighted by molar-refractivity contribution is -0.121. The quantitative estimate of drug-likeness (QED) is 0.475. The molecule has 5 heteroatoms. The number of piperidine rings is 1. The molecule has 172 valence electrons. The van der Waals surface area contributed by atoms with Crippen molar-refractivity contribution in [2.24, 2.45) is 5.92 Å². The Morgan fingerprint density at radius 3 is 2.27 bits per heavy atom. The summed E-state index contributed by atoms with van der Waals surface area (Å²) in [7, 11) is 0. The van der Waals surface area contributed by atoms with E-state index in [1.165, 1.54) is 12.1 Å². The van der Waals surface area contributed by atoms with Gasteiger partial charge in [0.25, 0.3) is 0 Å². The molecule has 0 spiro atoms. The van der Waals surface area contributed by atoms with E-state index in [1.807, 2.05) is 48.5 Å². The van der Waals surface area contributed by atoms with E-state index in [1.54, 1.807) is 12.1 Å². The summed E-state index contributed by atoms with van der Waals surface area (Å²) in [6, 6.07) is 22.6. The molecule has 1 amide bonds. The molecule has 4 nitrogen and oxygen atoms in total. The average molecular weight is 447 g/mol. The van der Waals surface area contributed by atoms with Gasteiger partial charge in [-0.3, -0.25) is 4.79 Å². The van der Waals surface area contributed by atoms with Crippen molar-refractivity contribution < 1.29 is 13.9 Å². The number of anilines is 1. The van der Waals surface area contributed by atoms with E-state index >= 15 is 0 Å². The fourth-order valence-corrected chi connectivity index (χ4v) is 4.19. The molecule has 0 bridgehead atoms. The van der Waals surface area contributed by atoms with Gasteiger partial charge < -0.3 is 15.0 Å². The van der Waals surface area contributed by atoms with Gasteiger partial charge in [0.2, 0.25) is 5.91 Å².